The Kier molecular flexibility index (Phi) is 3.31. The predicted octanol–water partition coefficient (Wildman–Crippen LogP) is 3.96. The van der Waals surface area contributed by atoms with E-state index in [9.17, 15) is 10.1 Å². The zero-order valence-electron chi connectivity index (χ0n) is 11.5. The van der Waals surface area contributed by atoms with Gasteiger partial charge in [-0.05, 0) is 36.8 Å². The number of aromatic amines is 1. The van der Waals surface area contributed by atoms with Gasteiger partial charge in [0.05, 0.1) is 4.92 Å². The lowest BCUT2D eigenvalue weighted by Gasteiger charge is -2.07. The lowest BCUT2D eigenvalue weighted by Crippen LogP contribution is -1.98. The Bertz CT molecular complexity index is 808. The molecule has 1 heterocycles. The summed E-state index contributed by atoms with van der Waals surface area (Å²) in [4.78, 5) is 13.7. The van der Waals surface area contributed by atoms with E-state index < -0.39 is 0 Å². The van der Waals surface area contributed by atoms with Gasteiger partial charge in [-0.25, -0.2) is 0 Å². The Morgan fingerprint density at radius 3 is 2.86 bits per heavy atom. The van der Waals surface area contributed by atoms with Gasteiger partial charge in [0, 0.05) is 28.7 Å². The fourth-order valence-corrected chi connectivity index (χ4v) is 2.23. The van der Waals surface area contributed by atoms with Crippen LogP contribution in [0, 0.1) is 17.0 Å². The van der Waals surface area contributed by atoms with Gasteiger partial charge in [0.25, 0.3) is 5.69 Å². The molecule has 0 fully saturated rings. The molecule has 0 atom stereocenters. The molecular weight excluding hydrogens is 268 g/mol. The molecule has 0 aliphatic rings. The standard InChI is InChI=1S/C16H14N2O3/c1-11-2-3-12(8-16(11)18(19)20)10-21-14-4-5-15-13(9-14)6-7-17-15/h2-9,17H,10H2,1H3. The largest absolute Gasteiger partial charge is 0.489 e. The van der Waals surface area contributed by atoms with Gasteiger partial charge in [0.1, 0.15) is 12.4 Å². The van der Waals surface area contributed by atoms with Crippen molar-refractivity contribution < 1.29 is 9.66 Å². The second-order valence-corrected chi connectivity index (χ2v) is 4.89. The summed E-state index contributed by atoms with van der Waals surface area (Å²) >= 11 is 0. The highest BCUT2D eigenvalue weighted by Crippen LogP contribution is 2.23. The number of ether oxygens (including phenoxy) is 1. The SMILES string of the molecule is Cc1ccc(COc2ccc3[nH]ccc3c2)cc1[N+](=O)[O-]. The van der Waals surface area contributed by atoms with Crippen molar-refractivity contribution in [3.8, 4) is 5.75 Å². The summed E-state index contributed by atoms with van der Waals surface area (Å²) in [5, 5.41) is 12.0. The van der Waals surface area contributed by atoms with Gasteiger partial charge in [-0.15, -0.1) is 0 Å². The van der Waals surface area contributed by atoms with Crippen molar-refractivity contribution in [3.05, 3.63) is 69.9 Å². The van der Waals surface area contributed by atoms with Crippen LogP contribution in [0.1, 0.15) is 11.1 Å². The second kappa shape index (κ2) is 5.28. The maximum atomic E-state index is 10.9. The maximum absolute atomic E-state index is 10.9. The third-order valence-corrected chi connectivity index (χ3v) is 3.40. The molecule has 3 aromatic rings. The monoisotopic (exact) mass is 282 g/mol. The molecule has 0 amide bonds. The number of H-pyrrole nitrogens is 1. The molecule has 5 nitrogen and oxygen atoms in total. The van der Waals surface area contributed by atoms with Gasteiger partial charge in [0.15, 0.2) is 0 Å². The van der Waals surface area contributed by atoms with Crippen LogP contribution in [0.5, 0.6) is 5.75 Å². The molecule has 5 heteroatoms. The zero-order valence-corrected chi connectivity index (χ0v) is 11.5. The first-order valence-electron chi connectivity index (χ1n) is 6.57. The smallest absolute Gasteiger partial charge is 0.272 e. The van der Waals surface area contributed by atoms with E-state index in [2.05, 4.69) is 4.98 Å². The minimum atomic E-state index is -0.370. The number of aryl methyl sites for hydroxylation is 1. The maximum Gasteiger partial charge on any atom is 0.272 e. The third kappa shape index (κ3) is 2.72. The van der Waals surface area contributed by atoms with Gasteiger partial charge in [-0.1, -0.05) is 12.1 Å². The molecule has 0 bridgehead atoms. The highest BCUT2D eigenvalue weighted by molar-refractivity contribution is 5.80. The molecule has 0 spiro atoms. The van der Waals surface area contributed by atoms with Crippen molar-refractivity contribution >= 4 is 16.6 Å². The van der Waals surface area contributed by atoms with Crippen LogP contribution in [0.25, 0.3) is 10.9 Å². The summed E-state index contributed by atoms with van der Waals surface area (Å²) in [5.74, 6) is 0.741. The average Bonchev–Trinajstić information content (AvgIpc) is 2.93. The molecule has 0 saturated carbocycles. The summed E-state index contributed by atoms with van der Waals surface area (Å²) < 4.78 is 5.71. The Morgan fingerprint density at radius 2 is 2.05 bits per heavy atom. The van der Waals surface area contributed by atoms with Crippen molar-refractivity contribution in [3.63, 3.8) is 0 Å². The van der Waals surface area contributed by atoms with Crippen LogP contribution in [0.4, 0.5) is 5.69 Å². The Morgan fingerprint density at radius 1 is 1.19 bits per heavy atom. The first-order valence-corrected chi connectivity index (χ1v) is 6.57. The molecule has 2 aromatic carbocycles. The minimum Gasteiger partial charge on any atom is -0.489 e. The van der Waals surface area contributed by atoms with E-state index in [-0.39, 0.29) is 10.6 Å². The normalized spacial score (nSPS) is 10.7. The molecule has 3 rings (SSSR count). The number of nitro groups is 1. The van der Waals surface area contributed by atoms with Crippen LogP contribution in [0.3, 0.4) is 0 Å². The van der Waals surface area contributed by atoms with Crippen LogP contribution < -0.4 is 4.74 Å². The Labute approximate surface area is 121 Å². The van der Waals surface area contributed by atoms with Crippen molar-refractivity contribution in [1.29, 1.82) is 0 Å². The number of aromatic nitrogens is 1. The van der Waals surface area contributed by atoms with Crippen LogP contribution in [-0.2, 0) is 6.61 Å². The molecular formula is C16H14N2O3. The molecule has 1 aromatic heterocycles. The molecule has 0 aliphatic carbocycles. The lowest BCUT2D eigenvalue weighted by molar-refractivity contribution is -0.385. The van der Waals surface area contributed by atoms with Crippen LogP contribution in [-0.4, -0.2) is 9.91 Å². The molecule has 106 valence electrons. The summed E-state index contributed by atoms with van der Waals surface area (Å²) in [7, 11) is 0. The first-order chi connectivity index (χ1) is 10.1. The summed E-state index contributed by atoms with van der Waals surface area (Å²) in [5.41, 5.74) is 2.60. The molecule has 0 saturated heterocycles. The number of nitrogens with one attached hydrogen (secondary N) is 1. The molecule has 0 unspecified atom stereocenters. The van der Waals surface area contributed by atoms with Crippen LogP contribution in [0.2, 0.25) is 0 Å². The van der Waals surface area contributed by atoms with Gasteiger partial charge >= 0.3 is 0 Å². The Balaban J connectivity index is 1.77. The summed E-state index contributed by atoms with van der Waals surface area (Å²) in [6.45, 7) is 2.03. The fourth-order valence-electron chi connectivity index (χ4n) is 2.23. The second-order valence-electron chi connectivity index (χ2n) is 4.89. The number of hydrogen-bond acceptors (Lipinski definition) is 3. The van der Waals surface area contributed by atoms with Crippen LogP contribution in [0.15, 0.2) is 48.7 Å². The molecule has 0 aliphatic heterocycles. The highest BCUT2D eigenvalue weighted by atomic mass is 16.6. The quantitative estimate of drug-likeness (QED) is 0.581. The summed E-state index contributed by atoms with van der Waals surface area (Å²) in [6, 6.07) is 12.9. The van der Waals surface area contributed by atoms with Crippen LogP contribution >= 0.6 is 0 Å². The van der Waals surface area contributed by atoms with Gasteiger partial charge in [0.2, 0.25) is 0 Å². The van der Waals surface area contributed by atoms with E-state index in [0.29, 0.717) is 12.2 Å². The van der Waals surface area contributed by atoms with Crippen molar-refractivity contribution in [2.75, 3.05) is 0 Å². The van der Waals surface area contributed by atoms with E-state index in [4.69, 9.17) is 4.74 Å². The van der Waals surface area contributed by atoms with E-state index in [1.165, 1.54) is 0 Å². The minimum absolute atomic E-state index is 0.122. The number of benzene rings is 2. The molecule has 21 heavy (non-hydrogen) atoms. The van der Waals surface area contributed by atoms with Crippen molar-refractivity contribution in [2.45, 2.75) is 13.5 Å². The van der Waals surface area contributed by atoms with Gasteiger partial charge in [-0.3, -0.25) is 10.1 Å². The van der Waals surface area contributed by atoms with E-state index >= 15 is 0 Å². The topological polar surface area (TPSA) is 68.2 Å². The number of nitrogens with zero attached hydrogens (tertiary/aromatic N) is 1. The van der Waals surface area contributed by atoms with Crippen molar-refractivity contribution in [2.24, 2.45) is 0 Å². The van der Waals surface area contributed by atoms with Gasteiger partial charge in [-0.2, -0.15) is 0 Å². The zero-order chi connectivity index (χ0) is 14.8. The van der Waals surface area contributed by atoms with E-state index in [1.807, 2.05) is 36.5 Å². The van der Waals surface area contributed by atoms with E-state index in [0.717, 1.165) is 22.2 Å². The number of hydrogen-bond donors (Lipinski definition) is 1. The first kappa shape index (κ1) is 13.2. The van der Waals surface area contributed by atoms with E-state index in [1.54, 1.807) is 19.1 Å². The highest BCUT2D eigenvalue weighted by Gasteiger charge is 2.11. The Hall–Kier alpha value is -2.82. The van der Waals surface area contributed by atoms with Gasteiger partial charge < -0.3 is 9.72 Å². The number of fused-ring (bicyclic) bond motifs is 1. The number of nitro benzene ring substituents is 1. The predicted molar refractivity (Wildman–Crippen MR) is 80.5 cm³/mol. The lowest BCUT2D eigenvalue weighted by atomic mass is 10.1. The molecule has 0 radical (unpaired) electrons. The third-order valence-electron chi connectivity index (χ3n) is 3.40. The molecule has 1 N–H and O–H groups in total. The van der Waals surface area contributed by atoms with Crippen molar-refractivity contribution in [1.82, 2.24) is 4.98 Å². The fraction of sp³-hybridized carbons (Fsp3) is 0.125. The number of rotatable bonds is 4. The average molecular weight is 282 g/mol. The summed E-state index contributed by atoms with van der Waals surface area (Å²) in [6.07, 6.45) is 1.87.